The van der Waals surface area contributed by atoms with Crippen molar-refractivity contribution in [2.24, 2.45) is 0 Å². The van der Waals surface area contributed by atoms with Crippen molar-refractivity contribution >= 4 is 12.1 Å². The number of carbonyl (C=O) groups is 2. The molecule has 0 saturated carbocycles. The number of amides is 1. The fourth-order valence-electron chi connectivity index (χ4n) is 3.87. The molecule has 4 heteroatoms. The van der Waals surface area contributed by atoms with Crippen molar-refractivity contribution in [2.75, 3.05) is 0 Å². The van der Waals surface area contributed by atoms with E-state index in [4.69, 9.17) is 4.74 Å². The zero-order valence-corrected chi connectivity index (χ0v) is 14.9. The molecule has 1 aliphatic heterocycles. The van der Waals surface area contributed by atoms with Crippen LogP contribution in [0.4, 0.5) is 4.79 Å². The van der Waals surface area contributed by atoms with E-state index in [0.29, 0.717) is 0 Å². The fraction of sp³-hybridized carbons (Fsp3) is 0.130. The molecule has 0 unspecified atom stereocenters. The molecule has 1 saturated heterocycles. The Balaban J connectivity index is 2.10. The van der Waals surface area contributed by atoms with Gasteiger partial charge in [0.1, 0.15) is 11.6 Å². The number of cyclic esters (lactones) is 2. The Bertz CT molecular complexity index is 858. The highest BCUT2D eigenvalue weighted by Gasteiger charge is 2.53. The molecule has 1 fully saturated rings. The summed E-state index contributed by atoms with van der Waals surface area (Å²) in [6, 6.07) is 28.5. The van der Waals surface area contributed by atoms with Gasteiger partial charge in [0, 0.05) is 0 Å². The molecule has 3 aromatic rings. The van der Waals surface area contributed by atoms with Gasteiger partial charge in [-0.3, -0.25) is 4.90 Å². The third-order valence-corrected chi connectivity index (χ3v) is 5.05. The van der Waals surface area contributed by atoms with Gasteiger partial charge in [0.25, 0.3) is 0 Å². The van der Waals surface area contributed by atoms with Gasteiger partial charge in [0.2, 0.25) is 0 Å². The summed E-state index contributed by atoms with van der Waals surface area (Å²) >= 11 is 0. The van der Waals surface area contributed by atoms with Crippen molar-refractivity contribution in [3.05, 3.63) is 108 Å². The van der Waals surface area contributed by atoms with E-state index in [1.165, 1.54) is 0 Å². The molecule has 0 N–H and O–H groups in total. The van der Waals surface area contributed by atoms with E-state index >= 15 is 0 Å². The van der Waals surface area contributed by atoms with Crippen molar-refractivity contribution in [1.29, 1.82) is 0 Å². The maximum atomic E-state index is 12.8. The normalized spacial score (nSPS) is 17.1. The molecule has 0 aliphatic carbocycles. The van der Waals surface area contributed by atoms with Crippen LogP contribution in [0, 0.1) is 0 Å². The van der Waals surface area contributed by atoms with E-state index in [1.54, 1.807) is 11.8 Å². The van der Waals surface area contributed by atoms with Crippen LogP contribution >= 0.6 is 0 Å². The van der Waals surface area contributed by atoms with Crippen molar-refractivity contribution < 1.29 is 14.3 Å². The zero-order chi connectivity index (χ0) is 18.9. The number of carbonyl (C=O) groups excluding carboxylic acids is 2. The Hall–Kier alpha value is -3.40. The Labute approximate surface area is 158 Å². The van der Waals surface area contributed by atoms with E-state index in [1.807, 2.05) is 91.0 Å². The highest BCUT2D eigenvalue weighted by atomic mass is 16.6. The summed E-state index contributed by atoms with van der Waals surface area (Å²) in [6.45, 7) is 1.71. The molecule has 1 atom stereocenters. The third-order valence-electron chi connectivity index (χ3n) is 5.05. The van der Waals surface area contributed by atoms with E-state index in [9.17, 15) is 9.59 Å². The molecular weight excluding hydrogens is 338 g/mol. The van der Waals surface area contributed by atoms with Crippen LogP contribution < -0.4 is 0 Å². The molecule has 3 aromatic carbocycles. The summed E-state index contributed by atoms with van der Waals surface area (Å²) in [7, 11) is 0. The van der Waals surface area contributed by atoms with Crippen molar-refractivity contribution in [3.63, 3.8) is 0 Å². The number of hydrogen-bond donors (Lipinski definition) is 0. The molecule has 4 nitrogen and oxygen atoms in total. The highest BCUT2D eigenvalue weighted by Crippen LogP contribution is 2.45. The lowest BCUT2D eigenvalue weighted by Crippen LogP contribution is -2.52. The summed E-state index contributed by atoms with van der Waals surface area (Å²) in [5.41, 5.74) is 1.69. The minimum atomic E-state index is -0.980. The number of hydrogen-bond acceptors (Lipinski definition) is 3. The quantitative estimate of drug-likeness (QED) is 0.396. The van der Waals surface area contributed by atoms with Gasteiger partial charge in [0.15, 0.2) is 0 Å². The smallest absolute Gasteiger partial charge is 0.375 e. The van der Waals surface area contributed by atoms with Gasteiger partial charge in [0.05, 0.1) is 0 Å². The largest absolute Gasteiger partial charge is 0.419 e. The minimum Gasteiger partial charge on any atom is -0.375 e. The molecular formula is C23H19NO3. The summed E-state index contributed by atoms with van der Waals surface area (Å²) in [5.74, 6) is -0.535. The number of benzene rings is 3. The number of nitrogens with zero attached hydrogens (tertiary/aromatic N) is 1. The van der Waals surface area contributed by atoms with Crippen molar-refractivity contribution in [3.8, 4) is 0 Å². The van der Waals surface area contributed by atoms with Crippen LogP contribution in [-0.2, 0) is 15.1 Å². The van der Waals surface area contributed by atoms with Crippen LogP contribution in [0.2, 0.25) is 0 Å². The second kappa shape index (κ2) is 6.72. The molecule has 4 rings (SSSR count). The molecule has 0 spiro atoms. The monoisotopic (exact) mass is 357 g/mol. The predicted octanol–water partition coefficient (Wildman–Crippen LogP) is 4.35. The summed E-state index contributed by atoms with van der Waals surface area (Å²) in [6.07, 6.45) is -0.635. The highest BCUT2D eigenvalue weighted by molar-refractivity contribution is 5.96. The van der Waals surface area contributed by atoms with Gasteiger partial charge in [-0.25, -0.2) is 9.59 Å². The van der Waals surface area contributed by atoms with Gasteiger partial charge in [-0.15, -0.1) is 0 Å². The van der Waals surface area contributed by atoms with Gasteiger partial charge in [-0.05, 0) is 23.6 Å². The molecule has 1 heterocycles. The molecule has 134 valence electrons. The van der Waals surface area contributed by atoms with E-state index in [2.05, 4.69) is 0 Å². The van der Waals surface area contributed by atoms with E-state index in [-0.39, 0.29) is 0 Å². The number of esters is 1. The van der Waals surface area contributed by atoms with Gasteiger partial charge in [-0.2, -0.15) is 0 Å². The van der Waals surface area contributed by atoms with Crippen LogP contribution in [0.25, 0.3) is 0 Å². The first-order chi connectivity index (χ1) is 13.2. The molecule has 0 radical (unpaired) electrons. The molecule has 0 aromatic heterocycles. The zero-order valence-electron chi connectivity index (χ0n) is 14.9. The lowest BCUT2D eigenvalue weighted by molar-refractivity contribution is -0.135. The van der Waals surface area contributed by atoms with Crippen molar-refractivity contribution in [1.82, 2.24) is 4.90 Å². The second-order valence-electron chi connectivity index (χ2n) is 6.54. The standard InChI is InChI=1S/C23H19NO3/c1-17-21(25)27-22(26)24(17)23(18-11-5-2-6-12-18,19-13-7-3-8-14-19)20-15-9-4-10-16-20/h2-17H,1H3/t17-/m0/s1. The lowest BCUT2D eigenvalue weighted by Gasteiger charge is -2.43. The van der Waals surface area contributed by atoms with Crippen LogP contribution in [0.15, 0.2) is 91.0 Å². The summed E-state index contributed by atoms with van der Waals surface area (Å²) in [5, 5.41) is 0. The Morgan fingerprint density at radius 1 is 0.704 bits per heavy atom. The van der Waals surface area contributed by atoms with Crippen LogP contribution in [-0.4, -0.2) is 23.0 Å². The number of rotatable bonds is 4. The van der Waals surface area contributed by atoms with Crippen LogP contribution in [0.3, 0.4) is 0 Å². The maximum absolute atomic E-state index is 12.8. The predicted molar refractivity (Wildman–Crippen MR) is 102 cm³/mol. The Morgan fingerprint density at radius 3 is 1.37 bits per heavy atom. The van der Waals surface area contributed by atoms with Crippen LogP contribution in [0.5, 0.6) is 0 Å². The number of ether oxygens (including phenoxy) is 1. The topological polar surface area (TPSA) is 46.6 Å². The van der Waals surface area contributed by atoms with E-state index < -0.39 is 23.6 Å². The SMILES string of the molecule is C[C@H]1C(=O)OC(=O)N1C(c1ccccc1)(c1ccccc1)c1ccccc1. The maximum Gasteiger partial charge on any atom is 0.419 e. The first-order valence-electron chi connectivity index (χ1n) is 8.87. The third kappa shape index (κ3) is 2.61. The van der Waals surface area contributed by atoms with Gasteiger partial charge >= 0.3 is 12.1 Å². The van der Waals surface area contributed by atoms with Gasteiger partial charge in [-0.1, -0.05) is 91.0 Å². The molecule has 1 amide bonds. The fourth-order valence-corrected chi connectivity index (χ4v) is 3.87. The molecule has 1 aliphatic rings. The van der Waals surface area contributed by atoms with Crippen LogP contribution in [0.1, 0.15) is 23.6 Å². The average molecular weight is 357 g/mol. The van der Waals surface area contributed by atoms with Crippen molar-refractivity contribution in [2.45, 2.75) is 18.5 Å². The minimum absolute atomic E-state index is 0.535. The first kappa shape index (κ1) is 17.0. The molecule has 0 bridgehead atoms. The molecule has 27 heavy (non-hydrogen) atoms. The van der Waals surface area contributed by atoms with Gasteiger partial charge < -0.3 is 4.74 Å². The second-order valence-corrected chi connectivity index (χ2v) is 6.54. The Kier molecular flexibility index (Phi) is 4.24. The van der Waals surface area contributed by atoms with E-state index in [0.717, 1.165) is 16.7 Å². The average Bonchev–Trinajstić information content (AvgIpc) is 2.98. The summed E-state index contributed by atoms with van der Waals surface area (Å²) in [4.78, 5) is 26.6. The Morgan fingerprint density at radius 2 is 1.07 bits per heavy atom. The summed E-state index contributed by atoms with van der Waals surface area (Å²) < 4.78 is 5.00. The first-order valence-corrected chi connectivity index (χ1v) is 8.87. The lowest BCUT2D eigenvalue weighted by atomic mass is 9.75.